The van der Waals surface area contributed by atoms with E-state index in [1.807, 2.05) is 50.2 Å². The van der Waals surface area contributed by atoms with Gasteiger partial charge >= 0.3 is 0 Å². The summed E-state index contributed by atoms with van der Waals surface area (Å²) in [6.45, 7) is 4.15. The number of carbonyl (C=O) groups excluding carboxylic acids is 1. The lowest BCUT2D eigenvalue weighted by molar-refractivity contribution is -0.127. The maximum atomic E-state index is 13.9. The van der Waals surface area contributed by atoms with Crippen LogP contribution in [0.15, 0.2) is 77.7 Å². The number of methoxy groups -OCH3 is 1. The van der Waals surface area contributed by atoms with Gasteiger partial charge in [-0.2, -0.15) is 0 Å². The zero-order valence-electron chi connectivity index (χ0n) is 19.4. The number of rotatable bonds is 7. The van der Waals surface area contributed by atoms with Crippen LogP contribution in [-0.2, 0) is 21.4 Å². The lowest BCUT2D eigenvalue weighted by Crippen LogP contribution is -2.50. The summed E-state index contributed by atoms with van der Waals surface area (Å²) in [6, 6.07) is 21.5. The number of nitrogens with zero attached hydrogens (tertiary/aromatic N) is 1. The molecular formula is C26H28N2O5S. The third-order valence-electron chi connectivity index (χ3n) is 5.76. The van der Waals surface area contributed by atoms with Gasteiger partial charge in [0.15, 0.2) is 6.10 Å². The maximum absolute atomic E-state index is 13.9. The molecule has 34 heavy (non-hydrogen) atoms. The van der Waals surface area contributed by atoms with Gasteiger partial charge in [-0.05, 0) is 41.3 Å². The number of carbonyl (C=O) groups is 1. The lowest BCUT2D eigenvalue weighted by Gasteiger charge is -2.35. The molecule has 0 bridgehead atoms. The fourth-order valence-corrected chi connectivity index (χ4v) is 5.51. The van der Waals surface area contributed by atoms with E-state index >= 15 is 0 Å². The average molecular weight is 481 g/mol. The molecule has 8 heteroatoms. The van der Waals surface area contributed by atoms with Gasteiger partial charge < -0.3 is 14.8 Å². The first-order valence-electron chi connectivity index (χ1n) is 11.1. The standard InChI is InChI=1S/C26H28N2O5S/c1-18(2)20-13-14-23(32-3)25(15-20)34(30,31)28-17-24(33-22-12-8-7-11-21(22)28)26(29)27-16-19-9-5-4-6-10-19/h4-15,18,24H,16-17H2,1-3H3,(H,27,29)/t24-/m1/s1. The van der Waals surface area contributed by atoms with Crippen LogP contribution in [0, 0.1) is 0 Å². The number of sulfonamides is 1. The number of anilines is 1. The molecule has 178 valence electrons. The van der Waals surface area contributed by atoms with Crippen LogP contribution < -0.4 is 19.1 Å². The van der Waals surface area contributed by atoms with Crippen molar-refractivity contribution in [2.45, 2.75) is 37.3 Å². The number of nitrogens with one attached hydrogen (secondary N) is 1. The van der Waals surface area contributed by atoms with E-state index in [1.54, 1.807) is 36.4 Å². The molecule has 1 aliphatic heterocycles. The molecule has 0 fully saturated rings. The van der Waals surface area contributed by atoms with Crippen LogP contribution in [0.2, 0.25) is 0 Å². The number of ether oxygens (including phenoxy) is 2. The quantitative estimate of drug-likeness (QED) is 0.551. The Bertz CT molecular complexity index is 1280. The van der Waals surface area contributed by atoms with Gasteiger partial charge in [0.2, 0.25) is 0 Å². The Hall–Kier alpha value is -3.52. The van der Waals surface area contributed by atoms with Crippen molar-refractivity contribution in [3.8, 4) is 11.5 Å². The van der Waals surface area contributed by atoms with Crippen LogP contribution >= 0.6 is 0 Å². The summed E-state index contributed by atoms with van der Waals surface area (Å²) >= 11 is 0. The van der Waals surface area contributed by atoms with Gasteiger partial charge in [-0.1, -0.05) is 62.4 Å². The van der Waals surface area contributed by atoms with E-state index < -0.39 is 16.1 Å². The van der Waals surface area contributed by atoms with Crippen molar-refractivity contribution in [1.29, 1.82) is 0 Å². The van der Waals surface area contributed by atoms with Gasteiger partial charge in [-0.25, -0.2) is 8.42 Å². The fourth-order valence-electron chi connectivity index (χ4n) is 3.84. The monoisotopic (exact) mass is 480 g/mol. The molecule has 3 aromatic carbocycles. The Kier molecular flexibility index (Phi) is 6.79. The van der Waals surface area contributed by atoms with Crippen molar-refractivity contribution in [3.63, 3.8) is 0 Å². The summed E-state index contributed by atoms with van der Waals surface area (Å²) in [5, 5.41) is 2.85. The molecule has 0 saturated carbocycles. The van der Waals surface area contributed by atoms with E-state index in [9.17, 15) is 13.2 Å². The normalized spacial score (nSPS) is 15.4. The zero-order chi connectivity index (χ0) is 24.3. The topological polar surface area (TPSA) is 84.9 Å². The second-order valence-electron chi connectivity index (χ2n) is 8.38. The maximum Gasteiger partial charge on any atom is 0.268 e. The van der Waals surface area contributed by atoms with Crippen molar-refractivity contribution in [3.05, 3.63) is 83.9 Å². The van der Waals surface area contributed by atoms with Crippen LogP contribution in [0.25, 0.3) is 0 Å². The van der Waals surface area contributed by atoms with Crippen molar-refractivity contribution in [2.75, 3.05) is 18.0 Å². The number of hydrogen-bond acceptors (Lipinski definition) is 5. The third-order valence-corrected chi connectivity index (χ3v) is 7.56. The highest BCUT2D eigenvalue weighted by atomic mass is 32.2. The Morgan fingerprint density at radius 2 is 1.79 bits per heavy atom. The van der Waals surface area contributed by atoms with Gasteiger partial charge in [0.25, 0.3) is 15.9 Å². The van der Waals surface area contributed by atoms with Gasteiger partial charge in [0.05, 0.1) is 19.3 Å². The predicted octanol–water partition coefficient (Wildman–Crippen LogP) is 4.09. The second kappa shape index (κ2) is 9.77. The Morgan fingerprint density at radius 3 is 2.50 bits per heavy atom. The van der Waals surface area contributed by atoms with Crippen LogP contribution in [0.5, 0.6) is 11.5 Å². The first-order valence-corrected chi connectivity index (χ1v) is 12.5. The lowest BCUT2D eigenvalue weighted by atomic mass is 10.0. The molecule has 0 saturated heterocycles. The Balaban J connectivity index is 1.68. The van der Waals surface area contributed by atoms with Gasteiger partial charge in [0.1, 0.15) is 16.4 Å². The minimum absolute atomic E-state index is 0.0568. The summed E-state index contributed by atoms with van der Waals surface area (Å²) in [6.07, 6.45) is -1.01. The molecule has 0 aromatic heterocycles. The Labute approximate surface area is 200 Å². The third kappa shape index (κ3) is 4.72. The highest BCUT2D eigenvalue weighted by Crippen LogP contribution is 2.39. The van der Waals surface area contributed by atoms with Crippen molar-refractivity contribution >= 4 is 21.6 Å². The van der Waals surface area contributed by atoms with Crippen LogP contribution in [-0.4, -0.2) is 34.1 Å². The van der Waals surface area contributed by atoms with Gasteiger partial charge in [0, 0.05) is 6.54 Å². The Morgan fingerprint density at radius 1 is 1.09 bits per heavy atom. The molecule has 3 aromatic rings. The molecule has 1 amide bonds. The second-order valence-corrected chi connectivity index (χ2v) is 10.2. The molecule has 0 radical (unpaired) electrons. The fraction of sp³-hybridized carbons (Fsp3) is 0.269. The molecule has 0 spiro atoms. The molecule has 1 heterocycles. The molecule has 1 N–H and O–H groups in total. The summed E-state index contributed by atoms with van der Waals surface area (Å²) in [7, 11) is -2.62. The number of amides is 1. The van der Waals surface area contributed by atoms with Crippen LogP contribution in [0.4, 0.5) is 5.69 Å². The van der Waals surface area contributed by atoms with Crippen molar-refractivity contribution in [2.24, 2.45) is 0 Å². The highest BCUT2D eigenvalue weighted by Gasteiger charge is 2.38. The first kappa shape index (κ1) is 23.6. The van der Waals surface area contributed by atoms with Crippen molar-refractivity contribution in [1.82, 2.24) is 5.32 Å². The largest absolute Gasteiger partial charge is 0.495 e. The molecule has 7 nitrogen and oxygen atoms in total. The smallest absolute Gasteiger partial charge is 0.268 e. The summed E-state index contributed by atoms with van der Waals surface area (Å²) < 4.78 is 40.4. The summed E-state index contributed by atoms with van der Waals surface area (Å²) in [4.78, 5) is 13.0. The van der Waals surface area contributed by atoms with Gasteiger partial charge in [-0.3, -0.25) is 9.10 Å². The minimum Gasteiger partial charge on any atom is -0.495 e. The van der Waals surface area contributed by atoms with E-state index in [2.05, 4.69) is 5.32 Å². The molecule has 1 atom stereocenters. The molecular weight excluding hydrogens is 452 g/mol. The van der Waals surface area contributed by atoms with Crippen LogP contribution in [0.1, 0.15) is 30.9 Å². The van der Waals surface area contributed by atoms with Gasteiger partial charge in [-0.15, -0.1) is 0 Å². The number of para-hydroxylation sites is 2. The van der Waals surface area contributed by atoms with E-state index in [0.717, 1.165) is 11.1 Å². The van der Waals surface area contributed by atoms with E-state index in [-0.39, 0.29) is 29.0 Å². The minimum atomic E-state index is -4.06. The highest BCUT2D eigenvalue weighted by molar-refractivity contribution is 7.93. The number of fused-ring (bicyclic) bond motifs is 1. The van der Waals surface area contributed by atoms with E-state index in [4.69, 9.17) is 9.47 Å². The number of benzene rings is 3. The molecule has 4 rings (SSSR count). The molecule has 1 aliphatic rings. The molecule has 0 aliphatic carbocycles. The number of hydrogen-bond donors (Lipinski definition) is 1. The average Bonchev–Trinajstić information content (AvgIpc) is 2.86. The SMILES string of the molecule is COc1ccc(C(C)C)cc1S(=O)(=O)N1C[C@H](C(=O)NCc2ccccc2)Oc2ccccc21. The zero-order valence-corrected chi connectivity index (χ0v) is 20.2. The van der Waals surface area contributed by atoms with E-state index in [0.29, 0.717) is 18.0 Å². The predicted molar refractivity (Wildman–Crippen MR) is 131 cm³/mol. The first-order chi connectivity index (χ1) is 16.3. The van der Waals surface area contributed by atoms with Crippen LogP contribution in [0.3, 0.4) is 0 Å². The van der Waals surface area contributed by atoms with Crippen molar-refractivity contribution < 1.29 is 22.7 Å². The molecule has 0 unspecified atom stereocenters. The summed E-state index contributed by atoms with van der Waals surface area (Å²) in [5.41, 5.74) is 2.19. The summed E-state index contributed by atoms with van der Waals surface area (Å²) in [5.74, 6) is 0.324. The van der Waals surface area contributed by atoms with E-state index in [1.165, 1.54) is 11.4 Å².